The third-order valence-corrected chi connectivity index (χ3v) is 1.90. The number of aliphatic hydroxyl groups is 1. The van der Waals surface area contributed by atoms with E-state index < -0.39 is 24.6 Å². The highest BCUT2D eigenvalue weighted by molar-refractivity contribution is 5.78. The number of hydrogen-bond donors (Lipinski definition) is 1. The maximum absolute atomic E-state index is 11.2. The number of rotatable bonds is 7. The lowest BCUT2D eigenvalue weighted by Crippen LogP contribution is -2.26. The van der Waals surface area contributed by atoms with E-state index in [0.717, 1.165) is 5.57 Å². The van der Waals surface area contributed by atoms with E-state index in [1.54, 1.807) is 6.92 Å². The molecule has 0 aliphatic carbocycles. The standard InChI is InChI=1S/C12H20O5/c1-4-16-11(14)8-17-12(15)10(13)7-5-6-9(2)3/h6,10,13H,4-5,7-8H2,1-3H3. The Morgan fingerprint density at radius 3 is 2.47 bits per heavy atom. The first kappa shape index (κ1) is 15.6. The molecule has 0 fully saturated rings. The molecule has 0 aromatic rings. The van der Waals surface area contributed by atoms with Crippen LogP contribution in [-0.2, 0) is 19.1 Å². The third-order valence-electron chi connectivity index (χ3n) is 1.90. The van der Waals surface area contributed by atoms with E-state index in [9.17, 15) is 14.7 Å². The molecule has 0 rings (SSSR count). The van der Waals surface area contributed by atoms with Crippen LogP contribution in [0.3, 0.4) is 0 Å². The molecule has 0 heterocycles. The third kappa shape index (κ3) is 8.45. The summed E-state index contributed by atoms with van der Waals surface area (Å²) >= 11 is 0. The Labute approximate surface area is 101 Å². The molecule has 0 amide bonds. The van der Waals surface area contributed by atoms with Crippen LogP contribution in [0, 0.1) is 0 Å². The molecule has 0 spiro atoms. The number of carbonyl (C=O) groups is 2. The van der Waals surface area contributed by atoms with Gasteiger partial charge in [-0.25, -0.2) is 9.59 Å². The molecule has 0 radical (unpaired) electrons. The fourth-order valence-electron chi connectivity index (χ4n) is 1.08. The quantitative estimate of drug-likeness (QED) is 0.538. The lowest BCUT2D eigenvalue weighted by Gasteiger charge is -2.09. The summed E-state index contributed by atoms with van der Waals surface area (Å²) in [5.74, 6) is -1.41. The van der Waals surface area contributed by atoms with E-state index in [1.165, 1.54) is 0 Å². The number of hydrogen-bond acceptors (Lipinski definition) is 5. The average molecular weight is 244 g/mol. The highest BCUT2D eigenvalue weighted by atomic mass is 16.6. The van der Waals surface area contributed by atoms with Crippen molar-refractivity contribution in [2.24, 2.45) is 0 Å². The van der Waals surface area contributed by atoms with Gasteiger partial charge in [-0.3, -0.25) is 0 Å². The number of esters is 2. The molecule has 0 saturated heterocycles. The van der Waals surface area contributed by atoms with Crippen LogP contribution in [-0.4, -0.2) is 36.4 Å². The second-order valence-electron chi connectivity index (χ2n) is 3.79. The van der Waals surface area contributed by atoms with Gasteiger partial charge in [-0.2, -0.15) is 0 Å². The molecular weight excluding hydrogens is 224 g/mol. The Kier molecular flexibility index (Phi) is 8.05. The van der Waals surface area contributed by atoms with Crippen molar-refractivity contribution in [3.8, 4) is 0 Å². The molecule has 1 unspecified atom stereocenters. The minimum Gasteiger partial charge on any atom is -0.463 e. The molecule has 0 bridgehead atoms. The van der Waals surface area contributed by atoms with Gasteiger partial charge in [0.1, 0.15) is 0 Å². The monoisotopic (exact) mass is 244 g/mol. The van der Waals surface area contributed by atoms with Crippen molar-refractivity contribution in [2.75, 3.05) is 13.2 Å². The Hall–Kier alpha value is -1.36. The molecule has 0 aromatic carbocycles. The van der Waals surface area contributed by atoms with Gasteiger partial charge in [0.25, 0.3) is 0 Å². The van der Waals surface area contributed by atoms with Crippen LogP contribution in [0.4, 0.5) is 0 Å². The van der Waals surface area contributed by atoms with E-state index in [-0.39, 0.29) is 13.0 Å². The van der Waals surface area contributed by atoms with E-state index in [0.29, 0.717) is 6.42 Å². The largest absolute Gasteiger partial charge is 0.463 e. The summed E-state index contributed by atoms with van der Waals surface area (Å²) < 4.78 is 9.17. The number of aliphatic hydroxyl groups excluding tert-OH is 1. The second-order valence-corrected chi connectivity index (χ2v) is 3.79. The molecular formula is C12H20O5. The summed E-state index contributed by atoms with van der Waals surface area (Å²) in [6.07, 6.45) is 1.60. The molecule has 98 valence electrons. The van der Waals surface area contributed by atoms with Crippen molar-refractivity contribution < 1.29 is 24.2 Å². The zero-order chi connectivity index (χ0) is 13.3. The summed E-state index contributed by atoms with van der Waals surface area (Å²) in [5, 5.41) is 9.42. The van der Waals surface area contributed by atoms with Crippen molar-refractivity contribution >= 4 is 11.9 Å². The lowest BCUT2D eigenvalue weighted by molar-refractivity contribution is -0.164. The maximum Gasteiger partial charge on any atom is 0.344 e. The van der Waals surface area contributed by atoms with Gasteiger partial charge in [-0.15, -0.1) is 0 Å². The van der Waals surface area contributed by atoms with Crippen LogP contribution in [0.5, 0.6) is 0 Å². The summed E-state index contributed by atoms with van der Waals surface area (Å²) in [6, 6.07) is 0. The smallest absolute Gasteiger partial charge is 0.344 e. The van der Waals surface area contributed by atoms with Gasteiger partial charge in [0.2, 0.25) is 0 Å². The first-order valence-corrected chi connectivity index (χ1v) is 5.61. The Bertz CT molecular complexity index is 279. The topological polar surface area (TPSA) is 72.8 Å². The SMILES string of the molecule is CCOC(=O)COC(=O)C(O)CCC=C(C)C. The number of ether oxygens (including phenoxy) is 2. The number of carbonyl (C=O) groups excluding carboxylic acids is 2. The summed E-state index contributed by atoms with van der Waals surface area (Å²) in [7, 11) is 0. The van der Waals surface area contributed by atoms with Gasteiger partial charge in [-0.1, -0.05) is 11.6 Å². The van der Waals surface area contributed by atoms with Gasteiger partial charge >= 0.3 is 11.9 Å². The molecule has 1 N–H and O–H groups in total. The molecule has 5 heteroatoms. The number of allylic oxidation sites excluding steroid dienone is 2. The van der Waals surface area contributed by atoms with Crippen molar-refractivity contribution in [2.45, 2.75) is 39.7 Å². The maximum atomic E-state index is 11.2. The van der Waals surface area contributed by atoms with Crippen LogP contribution < -0.4 is 0 Å². The lowest BCUT2D eigenvalue weighted by atomic mass is 10.1. The summed E-state index contributed by atoms with van der Waals surface area (Å²) in [4.78, 5) is 22.1. The second kappa shape index (κ2) is 8.75. The van der Waals surface area contributed by atoms with Crippen LogP contribution >= 0.6 is 0 Å². The predicted molar refractivity (Wildman–Crippen MR) is 62.3 cm³/mol. The first-order chi connectivity index (χ1) is 7.97. The molecule has 1 atom stereocenters. The van der Waals surface area contributed by atoms with Crippen LogP contribution in [0.1, 0.15) is 33.6 Å². The van der Waals surface area contributed by atoms with Gasteiger partial charge < -0.3 is 14.6 Å². The van der Waals surface area contributed by atoms with E-state index in [2.05, 4.69) is 9.47 Å². The zero-order valence-electron chi connectivity index (χ0n) is 10.6. The Morgan fingerprint density at radius 1 is 1.29 bits per heavy atom. The van der Waals surface area contributed by atoms with Crippen LogP contribution in [0.2, 0.25) is 0 Å². The molecule has 0 aliphatic rings. The van der Waals surface area contributed by atoms with E-state index >= 15 is 0 Å². The molecule has 17 heavy (non-hydrogen) atoms. The summed E-state index contributed by atoms with van der Waals surface area (Å²) in [5.41, 5.74) is 1.12. The van der Waals surface area contributed by atoms with Crippen molar-refractivity contribution in [1.29, 1.82) is 0 Å². The van der Waals surface area contributed by atoms with Crippen LogP contribution in [0.25, 0.3) is 0 Å². The van der Waals surface area contributed by atoms with E-state index in [1.807, 2.05) is 19.9 Å². The molecule has 0 aromatic heterocycles. The molecule has 0 saturated carbocycles. The van der Waals surface area contributed by atoms with Gasteiger partial charge in [-0.05, 0) is 33.6 Å². The fraction of sp³-hybridized carbons (Fsp3) is 0.667. The van der Waals surface area contributed by atoms with Gasteiger partial charge in [0, 0.05) is 0 Å². The highest BCUT2D eigenvalue weighted by Crippen LogP contribution is 2.03. The first-order valence-electron chi connectivity index (χ1n) is 5.61. The van der Waals surface area contributed by atoms with Crippen molar-refractivity contribution in [3.05, 3.63) is 11.6 Å². The minimum atomic E-state index is -1.19. The average Bonchev–Trinajstić information content (AvgIpc) is 2.25. The Morgan fingerprint density at radius 2 is 1.94 bits per heavy atom. The molecule has 0 aliphatic heterocycles. The van der Waals surface area contributed by atoms with Crippen LogP contribution in [0.15, 0.2) is 11.6 Å². The Balaban J connectivity index is 3.82. The zero-order valence-corrected chi connectivity index (χ0v) is 10.6. The predicted octanol–water partition coefficient (Wildman–Crippen LogP) is 1.20. The minimum absolute atomic E-state index is 0.236. The highest BCUT2D eigenvalue weighted by Gasteiger charge is 2.17. The fourth-order valence-corrected chi connectivity index (χ4v) is 1.08. The molecule has 5 nitrogen and oxygen atoms in total. The summed E-state index contributed by atoms with van der Waals surface area (Å²) in [6.45, 7) is 5.32. The van der Waals surface area contributed by atoms with Gasteiger partial charge in [0.15, 0.2) is 12.7 Å². The van der Waals surface area contributed by atoms with Crippen molar-refractivity contribution in [3.63, 3.8) is 0 Å². The van der Waals surface area contributed by atoms with E-state index in [4.69, 9.17) is 0 Å². The normalized spacial score (nSPS) is 11.5. The van der Waals surface area contributed by atoms with Crippen molar-refractivity contribution in [1.82, 2.24) is 0 Å². The van der Waals surface area contributed by atoms with Gasteiger partial charge in [0.05, 0.1) is 6.61 Å².